The van der Waals surface area contributed by atoms with Gasteiger partial charge in [-0.15, -0.1) is 0 Å². The summed E-state index contributed by atoms with van der Waals surface area (Å²) in [5.41, 5.74) is 0. The van der Waals surface area contributed by atoms with E-state index in [1.54, 1.807) is 0 Å². The van der Waals surface area contributed by atoms with E-state index in [1.165, 1.54) is 0 Å². The standard InChI is InChI=1S/C13H26N6S/c1-7-8-14-11-15-12(18(3)4)17-13(16-11)19(5)10(2)9-20-6/h10H,7-9H2,1-6H3,(H,14,15,16,17). The van der Waals surface area contributed by atoms with Crippen molar-refractivity contribution < 1.29 is 0 Å². The fourth-order valence-corrected chi connectivity index (χ4v) is 2.28. The van der Waals surface area contributed by atoms with Crippen LogP contribution in [0.5, 0.6) is 0 Å². The van der Waals surface area contributed by atoms with Gasteiger partial charge < -0.3 is 15.1 Å². The molecule has 0 saturated carbocycles. The molecule has 0 amide bonds. The predicted molar refractivity (Wildman–Crippen MR) is 89.2 cm³/mol. The van der Waals surface area contributed by atoms with Crippen LogP contribution in [-0.2, 0) is 0 Å². The van der Waals surface area contributed by atoms with E-state index in [2.05, 4.69) is 45.3 Å². The van der Waals surface area contributed by atoms with Crippen molar-refractivity contribution in [1.29, 1.82) is 0 Å². The second-order valence-corrected chi connectivity index (χ2v) is 5.91. The van der Waals surface area contributed by atoms with Gasteiger partial charge in [0.2, 0.25) is 17.8 Å². The van der Waals surface area contributed by atoms with Crippen molar-refractivity contribution in [2.45, 2.75) is 26.3 Å². The lowest BCUT2D eigenvalue weighted by atomic mass is 10.3. The number of nitrogens with zero attached hydrogens (tertiary/aromatic N) is 5. The van der Waals surface area contributed by atoms with Crippen LogP contribution < -0.4 is 15.1 Å². The van der Waals surface area contributed by atoms with Gasteiger partial charge in [0.1, 0.15) is 0 Å². The minimum absolute atomic E-state index is 0.376. The van der Waals surface area contributed by atoms with Crippen molar-refractivity contribution in [2.75, 3.05) is 54.8 Å². The number of rotatable bonds is 8. The zero-order valence-electron chi connectivity index (χ0n) is 13.3. The molecular formula is C13H26N6S. The Kier molecular flexibility index (Phi) is 6.84. The molecule has 0 aliphatic heterocycles. The molecule has 1 atom stereocenters. The van der Waals surface area contributed by atoms with Crippen LogP contribution in [0.2, 0.25) is 0 Å². The van der Waals surface area contributed by atoms with Gasteiger partial charge in [-0.25, -0.2) is 0 Å². The summed E-state index contributed by atoms with van der Waals surface area (Å²) >= 11 is 1.82. The van der Waals surface area contributed by atoms with Crippen LogP contribution in [0.1, 0.15) is 20.3 Å². The number of nitrogens with one attached hydrogen (secondary N) is 1. The Morgan fingerprint density at radius 1 is 1.15 bits per heavy atom. The van der Waals surface area contributed by atoms with E-state index < -0.39 is 0 Å². The van der Waals surface area contributed by atoms with Crippen LogP contribution in [-0.4, -0.2) is 60.7 Å². The van der Waals surface area contributed by atoms with Gasteiger partial charge in [0, 0.05) is 39.5 Å². The molecule has 0 spiro atoms. The summed E-state index contributed by atoms with van der Waals surface area (Å²) in [5, 5.41) is 3.24. The second kappa shape index (κ2) is 8.14. The molecule has 0 radical (unpaired) electrons. The van der Waals surface area contributed by atoms with Crippen molar-refractivity contribution >= 4 is 29.6 Å². The quantitative estimate of drug-likeness (QED) is 0.787. The van der Waals surface area contributed by atoms with E-state index >= 15 is 0 Å². The number of thioether (sulfide) groups is 1. The van der Waals surface area contributed by atoms with E-state index in [9.17, 15) is 0 Å². The minimum atomic E-state index is 0.376. The molecular weight excluding hydrogens is 272 g/mol. The molecule has 1 rings (SSSR count). The van der Waals surface area contributed by atoms with Crippen LogP contribution in [0.15, 0.2) is 0 Å². The number of anilines is 3. The smallest absolute Gasteiger partial charge is 0.231 e. The van der Waals surface area contributed by atoms with Gasteiger partial charge in [-0.05, 0) is 19.6 Å². The Hall–Kier alpha value is -1.24. The van der Waals surface area contributed by atoms with Crippen molar-refractivity contribution in [1.82, 2.24) is 15.0 Å². The molecule has 0 aliphatic carbocycles. The first-order valence-corrected chi connectivity index (χ1v) is 8.28. The fourth-order valence-electron chi connectivity index (χ4n) is 1.58. The van der Waals surface area contributed by atoms with Gasteiger partial charge in [-0.2, -0.15) is 26.7 Å². The molecule has 0 saturated heterocycles. The molecule has 0 aromatic carbocycles. The molecule has 114 valence electrons. The monoisotopic (exact) mass is 298 g/mol. The zero-order chi connectivity index (χ0) is 15.1. The van der Waals surface area contributed by atoms with Crippen LogP contribution in [0.4, 0.5) is 17.8 Å². The highest BCUT2D eigenvalue weighted by Gasteiger charge is 2.15. The van der Waals surface area contributed by atoms with E-state index in [4.69, 9.17) is 0 Å². The van der Waals surface area contributed by atoms with Crippen LogP contribution >= 0.6 is 11.8 Å². The van der Waals surface area contributed by atoms with Gasteiger partial charge in [-0.3, -0.25) is 0 Å². The van der Waals surface area contributed by atoms with Crippen molar-refractivity contribution in [2.24, 2.45) is 0 Å². The third-order valence-corrected chi connectivity index (χ3v) is 3.75. The molecule has 1 aromatic heterocycles. The molecule has 20 heavy (non-hydrogen) atoms. The zero-order valence-corrected chi connectivity index (χ0v) is 14.2. The topological polar surface area (TPSA) is 57.2 Å². The third-order valence-electron chi connectivity index (χ3n) is 2.93. The third kappa shape index (κ3) is 4.70. The minimum Gasteiger partial charge on any atom is -0.354 e. The summed E-state index contributed by atoms with van der Waals surface area (Å²) in [7, 11) is 5.90. The summed E-state index contributed by atoms with van der Waals surface area (Å²) in [5.74, 6) is 3.07. The lowest BCUT2D eigenvalue weighted by Crippen LogP contribution is -2.33. The molecule has 6 nitrogen and oxygen atoms in total. The maximum atomic E-state index is 4.52. The predicted octanol–water partition coefficient (Wildman–Crippen LogP) is 1.95. The van der Waals surface area contributed by atoms with Crippen LogP contribution in [0, 0.1) is 0 Å². The largest absolute Gasteiger partial charge is 0.354 e. The SMILES string of the molecule is CCCNc1nc(N(C)C)nc(N(C)C(C)CSC)n1. The molecule has 1 heterocycles. The Labute approximate surface area is 126 Å². The molecule has 0 bridgehead atoms. The summed E-state index contributed by atoms with van der Waals surface area (Å²) in [6.07, 6.45) is 3.15. The van der Waals surface area contributed by atoms with Gasteiger partial charge in [0.05, 0.1) is 0 Å². The Bertz CT molecular complexity index is 412. The summed E-state index contributed by atoms with van der Waals surface area (Å²) in [6.45, 7) is 5.16. The number of hydrogen-bond donors (Lipinski definition) is 1. The normalized spacial score (nSPS) is 12.1. The van der Waals surface area contributed by atoms with Crippen LogP contribution in [0.25, 0.3) is 0 Å². The van der Waals surface area contributed by atoms with E-state index in [0.29, 0.717) is 23.9 Å². The summed E-state index contributed by atoms with van der Waals surface area (Å²) in [4.78, 5) is 17.5. The Morgan fingerprint density at radius 3 is 2.35 bits per heavy atom. The first-order valence-electron chi connectivity index (χ1n) is 6.88. The molecule has 7 heteroatoms. The highest BCUT2D eigenvalue weighted by molar-refractivity contribution is 7.98. The second-order valence-electron chi connectivity index (χ2n) is 5.00. The van der Waals surface area contributed by atoms with Crippen LogP contribution in [0.3, 0.4) is 0 Å². The number of aromatic nitrogens is 3. The maximum absolute atomic E-state index is 4.52. The number of hydrogen-bond acceptors (Lipinski definition) is 7. The Morgan fingerprint density at radius 2 is 1.80 bits per heavy atom. The lowest BCUT2D eigenvalue weighted by Gasteiger charge is -2.25. The summed E-state index contributed by atoms with van der Waals surface area (Å²) < 4.78 is 0. The maximum Gasteiger partial charge on any atom is 0.231 e. The lowest BCUT2D eigenvalue weighted by molar-refractivity contribution is 0.732. The molecule has 0 aliphatic rings. The van der Waals surface area contributed by atoms with Gasteiger partial charge >= 0.3 is 0 Å². The van der Waals surface area contributed by atoms with E-state index in [-0.39, 0.29) is 0 Å². The molecule has 0 fully saturated rings. The first kappa shape index (κ1) is 16.8. The van der Waals surface area contributed by atoms with Gasteiger partial charge in [0.15, 0.2) is 0 Å². The molecule has 1 N–H and O–H groups in total. The highest BCUT2D eigenvalue weighted by atomic mass is 32.2. The summed E-state index contributed by atoms with van der Waals surface area (Å²) in [6, 6.07) is 0.376. The fraction of sp³-hybridized carbons (Fsp3) is 0.769. The van der Waals surface area contributed by atoms with Crippen molar-refractivity contribution in [3.8, 4) is 0 Å². The van der Waals surface area contributed by atoms with Crippen molar-refractivity contribution in [3.63, 3.8) is 0 Å². The molecule has 1 unspecified atom stereocenters. The average molecular weight is 298 g/mol. The van der Waals surface area contributed by atoms with Crippen molar-refractivity contribution in [3.05, 3.63) is 0 Å². The molecule has 1 aromatic rings. The van der Waals surface area contributed by atoms with E-state index in [1.807, 2.05) is 37.8 Å². The van der Waals surface area contributed by atoms with E-state index in [0.717, 1.165) is 18.7 Å². The first-order chi connectivity index (χ1) is 9.49. The average Bonchev–Trinajstić information content (AvgIpc) is 2.44. The van der Waals surface area contributed by atoms with Gasteiger partial charge in [-0.1, -0.05) is 6.92 Å². The van der Waals surface area contributed by atoms with Gasteiger partial charge in [0.25, 0.3) is 0 Å². The highest BCUT2D eigenvalue weighted by Crippen LogP contribution is 2.17. The Balaban J connectivity index is 3.01.